The van der Waals surface area contributed by atoms with Crippen LogP contribution in [0.1, 0.15) is 21.3 Å². The minimum Gasteiger partial charge on any atom is -0.503 e. The molecule has 0 aliphatic carbocycles. The van der Waals surface area contributed by atoms with E-state index >= 15 is 0 Å². The molecule has 0 radical (unpaired) electrons. The number of hydrogen-bond donors (Lipinski definition) is 2. The maximum absolute atomic E-state index is 14.8. The average molecular weight is 419 g/mol. The summed E-state index contributed by atoms with van der Waals surface area (Å²) in [6, 6.07) is 15.2. The van der Waals surface area contributed by atoms with Gasteiger partial charge in [-0.25, -0.2) is 9.37 Å². The first-order valence-electron chi connectivity index (χ1n) is 9.10. The number of aliphatic hydroxyl groups excluding tert-OH is 1. The first-order valence-corrected chi connectivity index (χ1v) is 9.98. The third kappa shape index (κ3) is 2.73. The monoisotopic (exact) mass is 419 g/mol. The molecule has 8 heteroatoms. The van der Waals surface area contributed by atoms with Crippen molar-refractivity contribution in [3.05, 3.63) is 93.6 Å². The third-order valence-electron chi connectivity index (χ3n) is 5.00. The highest BCUT2D eigenvalue weighted by Gasteiger charge is 2.46. The van der Waals surface area contributed by atoms with E-state index in [-0.39, 0.29) is 17.1 Å². The summed E-state index contributed by atoms with van der Waals surface area (Å²) < 4.78 is 14.8. The molecule has 0 bridgehead atoms. The molecular weight excluding hydrogens is 405 g/mol. The molecule has 0 spiro atoms. The number of ketones is 1. The molecule has 0 saturated carbocycles. The van der Waals surface area contributed by atoms with Crippen LogP contribution in [-0.4, -0.2) is 26.8 Å². The molecule has 6 nitrogen and oxygen atoms in total. The third-order valence-corrected chi connectivity index (χ3v) is 5.87. The second-order valence-corrected chi connectivity index (χ2v) is 7.69. The molecule has 1 amide bonds. The summed E-state index contributed by atoms with van der Waals surface area (Å²) in [5, 5.41) is 12.4. The second-order valence-electron chi connectivity index (χ2n) is 6.75. The van der Waals surface area contributed by atoms with Crippen molar-refractivity contribution in [1.82, 2.24) is 9.97 Å². The number of anilines is 1. The molecule has 2 aromatic heterocycles. The number of carbonyl (C=O) groups is 2. The number of para-hydroxylation sites is 2. The van der Waals surface area contributed by atoms with Gasteiger partial charge in [0.2, 0.25) is 11.7 Å². The highest BCUT2D eigenvalue weighted by molar-refractivity contribution is 7.12. The summed E-state index contributed by atoms with van der Waals surface area (Å²) in [6.45, 7) is 0. The topological polar surface area (TPSA) is 86.3 Å². The van der Waals surface area contributed by atoms with Gasteiger partial charge in [0.1, 0.15) is 11.9 Å². The predicted molar refractivity (Wildman–Crippen MR) is 111 cm³/mol. The largest absolute Gasteiger partial charge is 0.503 e. The summed E-state index contributed by atoms with van der Waals surface area (Å²) in [7, 11) is 0. The SMILES string of the molecule is O=C(C1=C(O)C(=O)N(c2nc3ccccc3[nH]2)C1c1ccccc1F)c1cccs1. The van der Waals surface area contributed by atoms with Gasteiger partial charge in [0.15, 0.2) is 5.76 Å². The number of H-pyrrole nitrogens is 1. The Kier molecular flexibility index (Phi) is 4.22. The van der Waals surface area contributed by atoms with Gasteiger partial charge in [-0.05, 0) is 29.6 Å². The van der Waals surface area contributed by atoms with E-state index in [2.05, 4.69) is 9.97 Å². The quantitative estimate of drug-likeness (QED) is 0.475. The van der Waals surface area contributed by atoms with E-state index in [1.807, 2.05) is 6.07 Å². The van der Waals surface area contributed by atoms with Gasteiger partial charge in [0.25, 0.3) is 5.91 Å². The molecule has 30 heavy (non-hydrogen) atoms. The standard InChI is InChI=1S/C22H14FN3O3S/c23-13-7-2-1-6-12(13)18-17(19(27)16-10-5-11-30-16)20(28)21(29)26(18)22-24-14-8-3-4-9-15(14)25-22/h1-11,18,28H,(H,24,25). The Bertz CT molecular complexity index is 1290. The number of imidazole rings is 1. The summed E-state index contributed by atoms with van der Waals surface area (Å²) >= 11 is 1.18. The number of amides is 1. The highest BCUT2D eigenvalue weighted by Crippen LogP contribution is 2.42. The second kappa shape index (κ2) is 6.93. The predicted octanol–water partition coefficient (Wildman–Crippen LogP) is 4.55. The smallest absolute Gasteiger partial charge is 0.296 e. The van der Waals surface area contributed by atoms with Gasteiger partial charge in [-0.15, -0.1) is 11.3 Å². The van der Waals surface area contributed by atoms with Crippen LogP contribution < -0.4 is 4.90 Å². The Hall–Kier alpha value is -3.78. The molecule has 3 heterocycles. The van der Waals surface area contributed by atoms with Crippen LogP contribution >= 0.6 is 11.3 Å². The Morgan fingerprint density at radius 3 is 2.60 bits per heavy atom. The number of rotatable bonds is 4. The van der Waals surface area contributed by atoms with Gasteiger partial charge in [-0.1, -0.05) is 36.4 Å². The number of Topliss-reactive ketones (excluding diaryl/α,β-unsaturated/α-hetero) is 1. The van der Waals surface area contributed by atoms with Crippen LogP contribution in [0.5, 0.6) is 0 Å². The molecule has 5 rings (SSSR count). The molecule has 2 aromatic carbocycles. The Labute approximate surface area is 173 Å². The van der Waals surface area contributed by atoms with Crippen LogP contribution in [0, 0.1) is 5.82 Å². The fourth-order valence-corrected chi connectivity index (χ4v) is 4.32. The van der Waals surface area contributed by atoms with Crippen molar-refractivity contribution in [3.63, 3.8) is 0 Å². The van der Waals surface area contributed by atoms with E-state index in [4.69, 9.17) is 0 Å². The Morgan fingerprint density at radius 1 is 1.10 bits per heavy atom. The zero-order valence-electron chi connectivity index (χ0n) is 15.4. The summed E-state index contributed by atoms with van der Waals surface area (Å²) in [4.78, 5) is 35.1. The lowest BCUT2D eigenvalue weighted by atomic mass is 9.95. The maximum Gasteiger partial charge on any atom is 0.296 e. The van der Waals surface area contributed by atoms with Gasteiger partial charge < -0.3 is 10.1 Å². The number of aromatic nitrogens is 2. The fourth-order valence-electron chi connectivity index (χ4n) is 3.64. The number of nitrogens with one attached hydrogen (secondary N) is 1. The first-order chi connectivity index (χ1) is 14.6. The van der Waals surface area contributed by atoms with Crippen molar-refractivity contribution in [1.29, 1.82) is 0 Å². The van der Waals surface area contributed by atoms with Crippen molar-refractivity contribution in [2.45, 2.75) is 6.04 Å². The molecule has 0 saturated heterocycles. The molecule has 1 aliphatic heterocycles. The van der Waals surface area contributed by atoms with E-state index in [0.717, 1.165) is 4.90 Å². The van der Waals surface area contributed by atoms with Gasteiger partial charge in [0.05, 0.1) is 21.5 Å². The number of carbonyl (C=O) groups excluding carboxylic acids is 2. The minimum atomic E-state index is -1.16. The average Bonchev–Trinajstić information content (AvgIpc) is 3.47. The van der Waals surface area contributed by atoms with Gasteiger partial charge in [-0.3, -0.25) is 14.5 Å². The number of fused-ring (bicyclic) bond motifs is 1. The number of hydrogen-bond acceptors (Lipinski definition) is 5. The van der Waals surface area contributed by atoms with Crippen LogP contribution in [0.3, 0.4) is 0 Å². The van der Waals surface area contributed by atoms with Crippen molar-refractivity contribution in [2.75, 3.05) is 4.90 Å². The number of aliphatic hydroxyl groups is 1. The molecule has 148 valence electrons. The fraction of sp³-hybridized carbons (Fsp3) is 0.0455. The molecule has 2 N–H and O–H groups in total. The number of thiophene rings is 1. The zero-order valence-corrected chi connectivity index (χ0v) is 16.2. The summed E-state index contributed by atoms with van der Waals surface area (Å²) in [5.41, 5.74) is 1.19. The molecule has 1 atom stereocenters. The molecule has 1 aliphatic rings. The molecule has 4 aromatic rings. The minimum absolute atomic E-state index is 0.0928. The molecular formula is C22H14FN3O3S. The van der Waals surface area contributed by atoms with Gasteiger partial charge in [-0.2, -0.15) is 0 Å². The lowest BCUT2D eigenvalue weighted by molar-refractivity contribution is -0.117. The van der Waals surface area contributed by atoms with Crippen molar-refractivity contribution in [2.24, 2.45) is 0 Å². The van der Waals surface area contributed by atoms with Gasteiger partial charge >= 0.3 is 0 Å². The number of benzene rings is 2. The number of aromatic amines is 1. The summed E-state index contributed by atoms with van der Waals surface area (Å²) in [5.74, 6) is -2.52. The van der Waals surface area contributed by atoms with Crippen molar-refractivity contribution < 1.29 is 19.1 Å². The van der Waals surface area contributed by atoms with Crippen LogP contribution in [-0.2, 0) is 4.79 Å². The summed E-state index contributed by atoms with van der Waals surface area (Å²) in [6.07, 6.45) is 0. The van der Waals surface area contributed by atoms with Gasteiger partial charge in [0, 0.05) is 5.56 Å². The Morgan fingerprint density at radius 2 is 1.87 bits per heavy atom. The van der Waals surface area contributed by atoms with Crippen LogP contribution in [0.25, 0.3) is 11.0 Å². The van der Waals surface area contributed by atoms with E-state index in [9.17, 15) is 19.1 Å². The van der Waals surface area contributed by atoms with Crippen LogP contribution in [0.4, 0.5) is 10.3 Å². The lowest BCUT2D eigenvalue weighted by Gasteiger charge is -2.24. The molecule has 0 fully saturated rings. The first kappa shape index (κ1) is 18.3. The van der Waals surface area contributed by atoms with Crippen molar-refractivity contribution >= 4 is 40.0 Å². The van der Waals surface area contributed by atoms with E-state index in [1.54, 1.807) is 41.8 Å². The maximum atomic E-state index is 14.8. The van der Waals surface area contributed by atoms with Crippen LogP contribution in [0.2, 0.25) is 0 Å². The Balaban J connectivity index is 1.71. The number of nitrogens with zero attached hydrogens (tertiary/aromatic N) is 2. The van der Waals surface area contributed by atoms with E-state index in [0.29, 0.717) is 15.9 Å². The highest BCUT2D eigenvalue weighted by atomic mass is 32.1. The lowest BCUT2D eigenvalue weighted by Crippen LogP contribution is -2.32. The number of halogens is 1. The van der Waals surface area contributed by atoms with Crippen molar-refractivity contribution in [3.8, 4) is 0 Å². The normalized spacial score (nSPS) is 16.6. The zero-order chi connectivity index (χ0) is 20.8. The van der Waals surface area contributed by atoms with E-state index in [1.165, 1.54) is 29.5 Å². The molecule has 1 unspecified atom stereocenters. The van der Waals surface area contributed by atoms with Crippen LogP contribution in [0.15, 0.2) is 77.4 Å². The van der Waals surface area contributed by atoms with E-state index < -0.39 is 29.3 Å².